The number of carbonyl (C=O) groups excluding carboxylic acids is 1. The minimum Gasteiger partial charge on any atom is -0.391 e. The molecule has 0 amide bonds. The minimum absolute atomic E-state index is 0.0715. The number of H-pyrrole nitrogens is 1. The van der Waals surface area contributed by atoms with Gasteiger partial charge in [0.15, 0.2) is 5.12 Å². The summed E-state index contributed by atoms with van der Waals surface area (Å²) in [5.74, 6) is 0.150. The van der Waals surface area contributed by atoms with Crippen molar-refractivity contribution in [2.75, 3.05) is 32.2 Å². The van der Waals surface area contributed by atoms with E-state index in [-0.39, 0.29) is 24.1 Å². The number of nitriles is 1. The largest absolute Gasteiger partial charge is 0.391 e. The predicted octanol–water partition coefficient (Wildman–Crippen LogP) is 4.19. The Balaban J connectivity index is 1.35. The van der Waals surface area contributed by atoms with Gasteiger partial charge in [-0.25, -0.2) is 4.79 Å². The van der Waals surface area contributed by atoms with Gasteiger partial charge in [-0.15, -0.1) is 0 Å². The molecule has 3 N–H and O–H groups in total. The Morgan fingerprint density at radius 2 is 1.48 bits per heavy atom. The van der Waals surface area contributed by atoms with Gasteiger partial charge in [-0.05, 0) is 37.5 Å². The number of hydrogen-bond acceptors (Lipinski definition) is 12. The Morgan fingerprint density at radius 3 is 1.94 bits per heavy atom. The first-order valence-corrected chi connectivity index (χ1v) is 18.6. The molecular formula is C37H42N3O10PS. The van der Waals surface area contributed by atoms with E-state index < -0.39 is 61.7 Å². The minimum atomic E-state index is -3.17. The van der Waals surface area contributed by atoms with Gasteiger partial charge in [0.2, 0.25) is 0 Å². The summed E-state index contributed by atoms with van der Waals surface area (Å²) in [6.07, 6.45) is -1.70. The lowest BCUT2D eigenvalue weighted by Crippen LogP contribution is -2.51. The molecule has 276 valence electrons. The fourth-order valence-electron chi connectivity index (χ4n) is 5.27. The van der Waals surface area contributed by atoms with E-state index in [4.69, 9.17) is 18.5 Å². The third kappa shape index (κ3) is 9.83. The number of aromatic amines is 1. The molecule has 4 atom stereocenters. The van der Waals surface area contributed by atoms with Crippen LogP contribution in [0.3, 0.4) is 0 Å². The molecule has 4 aromatic rings. The zero-order valence-corrected chi connectivity index (χ0v) is 30.8. The summed E-state index contributed by atoms with van der Waals surface area (Å²) in [6, 6.07) is 32.1. The number of hydrogen-bond donors (Lipinski definition) is 3. The molecule has 1 unspecified atom stereocenters. The summed E-state index contributed by atoms with van der Waals surface area (Å²) in [5.41, 5.74) is -3.31. The smallest absolute Gasteiger partial charge is 0.331 e. The number of nitrogens with one attached hydrogen (secondary N) is 1. The monoisotopic (exact) mass is 751 g/mol. The molecule has 52 heavy (non-hydrogen) atoms. The van der Waals surface area contributed by atoms with Crippen LogP contribution < -0.4 is 11.2 Å². The number of nitrogens with zero attached hydrogens (tertiary/aromatic N) is 2. The average molecular weight is 752 g/mol. The highest BCUT2D eigenvalue weighted by Gasteiger charge is 2.41. The van der Waals surface area contributed by atoms with Crippen LogP contribution in [0.4, 0.5) is 0 Å². The molecule has 0 aliphatic rings. The number of ether oxygens (including phenoxy) is 2. The molecule has 4 rings (SSSR count). The lowest BCUT2D eigenvalue weighted by Gasteiger charge is -2.38. The topological polar surface area (TPSA) is 190 Å². The van der Waals surface area contributed by atoms with Crippen LogP contribution in [0.1, 0.15) is 37.5 Å². The van der Waals surface area contributed by atoms with Crippen molar-refractivity contribution in [3.8, 4) is 6.07 Å². The third-order valence-corrected chi connectivity index (χ3v) is 10.2. The molecule has 13 nitrogen and oxygen atoms in total. The second kappa shape index (κ2) is 18.6. The van der Waals surface area contributed by atoms with E-state index in [9.17, 15) is 34.4 Å². The molecule has 0 saturated heterocycles. The Morgan fingerprint density at radius 1 is 0.942 bits per heavy atom. The third-order valence-electron chi connectivity index (χ3n) is 8.13. The van der Waals surface area contributed by atoms with Gasteiger partial charge in [-0.3, -0.25) is 23.7 Å². The molecule has 0 bridgehead atoms. The average Bonchev–Trinajstić information content (AvgIpc) is 3.15. The number of aliphatic hydroxyl groups is 2. The van der Waals surface area contributed by atoms with Crippen LogP contribution in [0.25, 0.3) is 0 Å². The fraction of sp³-hybridized carbons (Fsp3) is 0.351. The zero-order valence-electron chi connectivity index (χ0n) is 29.0. The summed E-state index contributed by atoms with van der Waals surface area (Å²) < 4.78 is 36.2. The first-order chi connectivity index (χ1) is 24.9. The van der Waals surface area contributed by atoms with Crippen LogP contribution in [0.15, 0.2) is 113 Å². The molecule has 0 saturated carbocycles. The number of thioether (sulfide) groups is 1. The van der Waals surface area contributed by atoms with Crippen LogP contribution in [0.2, 0.25) is 0 Å². The lowest BCUT2D eigenvalue weighted by molar-refractivity contribution is -0.172. The van der Waals surface area contributed by atoms with E-state index in [2.05, 4.69) is 0 Å². The summed E-state index contributed by atoms with van der Waals surface area (Å²) in [6.45, 7) is 3.29. The van der Waals surface area contributed by atoms with Gasteiger partial charge in [0, 0.05) is 18.0 Å². The van der Waals surface area contributed by atoms with Crippen LogP contribution in [0.5, 0.6) is 0 Å². The summed E-state index contributed by atoms with van der Waals surface area (Å²) in [4.78, 5) is 39.2. The van der Waals surface area contributed by atoms with Gasteiger partial charge in [0.05, 0.1) is 31.3 Å². The Kier molecular flexibility index (Phi) is 14.5. The molecule has 3 aromatic carbocycles. The number of aliphatic hydroxyl groups excluding tert-OH is 2. The van der Waals surface area contributed by atoms with E-state index in [1.54, 1.807) is 19.9 Å². The van der Waals surface area contributed by atoms with E-state index in [0.29, 0.717) is 4.57 Å². The number of benzene rings is 3. The highest BCUT2D eigenvalue weighted by atomic mass is 32.2. The maximum absolute atomic E-state index is 13.5. The lowest BCUT2D eigenvalue weighted by atomic mass is 9.79. The van der Waals surface area contributed by atoms with Gasteiger partial charge >= 0.3 is 13.9 Å². The second-order valence-corrected chi connectivity index (χ2v) is 14.6. The van der Waals surface area contributed by atoms with Gasteiger partial charge in [0.25, 0.3) is 11.3 Å². The first-order valence-electron chi connectivity index (χ1n) is 16.4. The Labute approximate surface area is 306 Å². The zero-order chi connectivity index (χ0) is 37.8. The summed E-state index contributed by atoms with van der Waals surface area (Å²) in [7, 11) is -3.17. The maximum atomic E-state index is 13.5. The molecule has 1 aromatic heterocycles. The Hall–Kier alpha value is -4.16. The molecule has 0 aliphatic heterocycles. The van der Waals surface area contributed by atoms with E-state index in [0.717, 1.165) is 40.7 Å². The van der Waals surface area contributed by atoms with Crippen LogP contribution in [-0.2, 0) is 39.2 Å². The molecule has 0 fully saturated rings. The van der Waals surface area contributed by atoms with Gasteiger partial charge in [0.1, 0.15) is 24.4 Å². The van der Waals surface area contributed by atoms with E-state index in [1.165, 1.54) is 6.92 Å². The molecule has 15 heteroatoms. The number of rotatable bonds is 19. The van der Waals surface area contributed by atoms with Crippen LogP contribution in [0, 0.1) is 16.7 Å². The van der Waals surface area contributed by atoms with Crippen molar-refractivity contribution in [1.29, 1.82) is 5.26 Å². The molecule has 1 heterocycles. The highest BCUT2D eigenvalue weighted by Crippen LogP contribution is 2.42. The maximum Gasteiger partial charge on any atom is 0.331 e. The molecular weight excluding hydrogens is 709 g/mol. The van der Waals surface area contributed by atoms with Crippen molar-refractivity contribution in [2.45, 2.75) is 44.3 Å². The second-order valence-electron chi connectivity index (χ2n) is 12.4. The molecule has 0 spiro atoms. The fourth-order valence-corrected chi connectivity index (χ4v) is 6.87. The predicted molar refractivity (Wildman–Crippen MR) is 196 cm³/mol. The normalized spacial score (nSPS) is 14.8. The number of carbonyl (C=O) groups is 1. The van der Waals surface area contributed by atoms with E-state index >= 15 is 0 Å². The van der Waals surface area contributed by atoms with Crippen molar-refractivity contribution in [3.05, 3.63) is 141 Å². The van der Waals surface area contributed by atoms with Crippen molar-refractivity contribution in [1.82, 2.24) is 9.55 Å². The van der Waals surface area contributed by atoms with Crippen molar-refractivity contribution >= 4 is 25.1 Å². The summed E-state index contributed by atoms with van der Waals surface area (Å²) in [5, 5.41) is 29.8. The molecule has 0 radical (unpaired) electrons. The van der Waals surface area contributed by atoms with Crippen molar-refractivity contribution in [3.63, 3.8) is 0 Å². The van der Waals surface area contributed by atoms with Gasteiger partial charge < -0.3 is 28.7 Å². The van der Waals surface area contributed by atoms with Crippen molar-refractivity contribution < 1.29 is 38.1 Å². The number of aromatic nitrogens is 2. The van der Waals surface area contributed by atoms with Crippen molar-refractivity contribution in [2.24, 2.45) is 5.41 Å². The Bertz CT molecular complexity index is 1840. The van der Waals surface area contributed by atoms with E-state index in [1.807, 2.05) is 96.0 Å². The summed E-state index contributed by atoms with van der Waals surface area (Å²) >= 11 is 0.998. The van der Waals surface area contributed by atoms with Crippen LogP contribution in [-0.4, -0.2) is 69.3 Å². The van der Waals surface area contributed by atoms with Gasteiger partial charge in [-0.2, -0.15) is 5.26 Å². The quantitative estimate of drug-likeness (QED) is 0.0705. The van der Waals surface area contributed by atoms with Gasteiger partial charge in [-0.1, -0.05) is 103 Å². The SMILES string of the molecule is C[C@H](O)[C@@H](CO[PH](=O)OCCSC(=O)C(C)(C)COC(c1ccccc1)(c1ccccc1)c1ccccc1)O[C@](C#N)(CO)n1ccc(=O)[nH]c1=O. The highest BCUT2D eigenvalue weighted by molar-refractivity contribution is 8.13. The first kappa shape index (κ1) is 40.6. The standard InChI is InChI=1S/C37H42N3O10PS/c1-27(42)31(50-36(24-38,25-41)40-20-19-32(43)39-34(40)45)23-49-51(46)48-21-22-52-33(44)35(2,3)26-47-37(28-13-7-4-8-14-28,29-15-9-5-10-16-29)30-17-11-6-12-18-30/h4-20,27,31,41-42,51H,21-23,25-26H2,1-3H3,(H,39,43,45)/t27-,31+,36+/m0/s1. The van der Waals surface area contributed by atoms with Crippen LogP contribution >= 0.6 is 20.0 Å². The molecule has 0 aliphatic carbocycles.